The Bertz CT molecular complexity index is 174. The highest BCUT2D eigenvalue weighted by Gasteiger charge is 2.55. The SMILES string of the molecule is CC(C)C[C@@H]1[C@H]2CN(C(C)C)C[C@@H]12. The molecule has 0 N–H and O–H groups in total. The van der Waals surface area contributed by atoms with Crippen LogP contribution in [0.15, 0.2) is 0 Å². The average Bonchev–Trinajstić information content (AvgIpc) is 2.51. The number of piperidine rings is 1. The fourth-order valence-corrected chi connectivity index (χ4v) is 3.00. The number of likely N-dealkylation sites (tertiary alicyclic amines) is 1. The lowest BCUT2D eigenvalue weighted by molar-refractivity contribution is 0.228. The van der Waals surface area contributed by atoms with Crippen LogP contribution in [0.1, 0.15) is 34.1 Å². The zero-order chi connectivity index (χ0) is 9.59. The fourth-order valence-electron chi connectivity index (χ4n) is 3.00. The monoisotopic (exact) mass is 181 g/mol. The van der Waals surface area contributed by atoms with Gasteiger partial charge in [-0.25, -0.2) is 0 Å². The standard InChI is InChI=1S/C12H23N/c1-8(2)5-10-11-6-13(9(3)4)7-12(10)11/h8-12H,5-7H2,1-4H3/t10-,11-,12+. The molecule has 1 aliphatic carbocycles. The molecule has 13 heavy (non-hydrogen) atoms. The lowest BCUT2D eigenvalue weighted by atomic mass is 10.0. The first-order valence-corrected chi connectivity index (χ1v) is 5.83. The van der Waals surface area contributed by atoms with Gasteiger partial charge in [-0.3, -0.25) is 0 Å². The van der Waals surface area contributed by atoms with E-state index in [1.54, 1.807) is 0 Å². The highest BCUT2D eigenvalue weighted by molar-refractivity contribution is 5.05. The molecule has 1 heteroatoms. The largest absolute Gasteiger partial charge is 0.300 e. The molecule has 0 aromatic carbocycles. The van der Waals surface area contributed by atoms with E-state index < -0.39 is 0 Å². The van der Waals surface area contributed by atoms with E-state index in [-0.39, 0.29) is 0 Å². The number of fused-ring (bicyclic) bond motifs is 1. The summed E-state index contributed by atoms with van der Waals surface area (Å²) in [5.41, 5.74) is 0. The van der Waals surface area contributed by atoms with E-state index >= 15 is 0 Å². The smallest absolute Gasteiger partial charge is 0.00388 e. The van der Waals surface area contributed by atoms with Gasteiger partial charge in [-0.15, -0.1) is 0 Å². The van der Waals surface area contributed by atoms with Crippen molar-refractivity contribution in [2.45, 2.75) is 40.2 Å². The Morgan fingerprint density at radius 1 is 1.08 bits per heavy atom. The second kappa shape index (κ2) is 3.27. The molecule has 1 saturated heterocycles. The number of nitrogens with zero attached hydrogens (tertiary/aromatic N) is 1. The summed E-state index contributed by atoms with van der Waals surface area (Å²) in [6.07, 6.45) is 1.47. The summed E-state index contributed by atoms with van der Waals surface area (Å²) in [6.45, 7) is 12.1. The summed E-state index contributed by atoms with van der Waals surface area (Å²) in [5.74, 6) is 4.15. The second-order valence-electron chi connectivity index (χ2n) is 5.67. The normalized spacial score (nSPS) is 38.8. The van der Waals surface area contributed by atoms with Gasteiger partial charge in [-0.1, -0.05) is 13.8 Å². The molecule has 0 unspecified atom stereocenters. The van der Waals surface area contributed by atoms with Crippen molar-refractivity contribution in [2.24, 2.45) is 23.7 Å². The van der Waals surface area contributed by atoms with E-state index in [2.05, 4.69) is 32.6 Å². The molecule has 1 heterocycles. The van der Waals surface area contributed by atoms with Crippen LogP contribution in [0, 0.1) is 23.7 Å². The van der Waals surface area contributed by atoms with Crippen molar-refractivity contribution < 1.29 is 0 Å². The maximum absolute atomic E-state index is 2.64. The molecule has 0 spiro atoms. The molecule has 1 nitrogen and oxygen atoms in total. The van der Waals surface area contributed by atoms with Crippen molar-refractivity contribution in [3.63, 3.8) is 0 Å². The van der Waals surface area contributed by atoms with Gasteiger partial charge in [-0.2, -0.15) is 0 Å². The Kier molecular flexibility index (Phi) is 2.39. The molecule has 0 radical (unpaired) electrons. The molecule has 3 atom stereocenters. The van der Waals surface area contributed by atoms with Crippen LogP contribution >= 0.6 is 0 Å². The van der Waals surface area contributed by atoms with Crippen LogP contribution in [0.5, 0.6) is 0 Å². The third-order valence-electron chi connectivity index (χ3n) is 3.87. The van der Waals surface area contributed by atoms with Crippen molar-refractivity contribution in [2.75, 3.05) is 13.1 Å². The van der Waals surface area contributed by atoms with E-state index in [9.17, 15) is 0 Å². The van der Waals surface area contributed by atoms with Crippen LogP contribution in [0.3, 0.4) is 0 Å². The lowest BCUT2D eigenvalue weighted by Crippen LogP contribution is -2.31. The summed E-state index contributed by atoms with van der Waals surface area (Å²) in [7, 11) is 0. The van der Waals surface area contributed by atoms with Crippen molar-refractivity contribution in [3.05, 3.63) is 0 Å². The Morgan fingerprint density at radius 3 is 2.00 bits per heavy atom. The summed E-state index contributed by atoms with van der Waals surface area (Å²) < 4.78 is 0. The highest BCUT2D eigenvalue weighted by Crippen LogP contribution is 2.54. The van der Waals surface area contributed by atoms with E-state index in [1.165, 1.54) is 19.5 Å². The molecule has 1 aliphatic heterocycles. The van der Waals surface area contributed by atoms with Crippen LogP contribution in [0.4, 0.5) is 0 Å². The van der Waals surface area contributed by atoms with Crippen molar-refractivity contribution >= 4 is 0 Å². The topological polar surface area (TPSA) is 3.24 Å². The van der Waals surface area contributed by atoms with E-state index in [0.29, 0.717) is 0 Å². The predicted molar refractivity (Wildman–Crippen MR) is 56.6 cm³/mol. The number of hydrogen-bond donors (Lipinski definition) is 0. The third-order valence-corrected chi connectivity index (χ3v) is 3.87. The van der Waals surface area contributed by atoms with Crippen molar-refractivity contribution in [1.82, 2.24) is 4.90 Å². The first-order valence-electron chi connectivity index (χ1n) is 5.83. The van der Waals surface area contributed by atoms with Gasteiger partial charge >= 0.3 is 0 Å². The summed E-state index contributed by atoms with van der Waals surface area (Å²) >= 11 is 0. The summed E-state index contributed by atoms with van der Waals surface area (Å²) in [5, 5.41) is 0. The van der Waals surface area contributed by atoms with Crippen LogP contribution in [-0.4, -0.2) is 24.0 Å². The van der Waals surface area contributed by atoms with Crippen LogP contribution < -0.4 is 0 Å². The zero-order valence-corrected chi connectivity index (χ0v) is 9.46. The number of hydrogen-bond acceptors (Lipinski definition) is 1. The Hall–Kier alpha value is -0.0400. The van der Waals surface area contributed by atoms with Gasteiger partial charge in [0, 0.05) is 19.1 Å². The first kappa shape index (κ1) is 9.51. The number of rotatable bonds is 3. The first-order chi connectivity index (χ1) is 6.09. The minimum absolute atomic E-state index is 0.771. The zero-order valence-electron chi connectivity index (χ0n) is 9.46. The minimum Gasteiger partial charge on any atom is -0.300 e. The summed E-state index contributed by atoms with van der Waals surface area (Å²) in [4.78, 5) is 2.64. The van der Waals surface area contributed by atoms with Crippen molar-refractivity contribution in [1.29, 1.82) is 0 Å². The molecule has 76 valence electrons. The molecule has 2 fully saturated rings. The lowest BCUT2D eigenvalue weighted by Gasteiger charge is -2.23. The fraction of sp³-hybridized carbons (Fsp3) is 1.00. The van der Waals surface area contributed by atoms with Gasteiger partial charge in [0.2, 0.25) is 0 Å². The third kappa shape index (κ3) is 1.76. The predicted octanol–water partition coefficient (Wildman–Crippen LogP) is 2.62. The van der Waals surface area contributed by atoms with Gasteiger partial charge < -0.3 is 4.90 Å². The average molecular weight is 181 g/mol. The molecule has 2 aliphatic rings. The Morgan fingerprint density at radius 2 is 1.62 bits per heavy atom. The van der Waals surface area contributed by atoms with Crippen LogP contribution in [0.2, 0.25) is 0 Å². The second-order valence-corrected chi connectivity index (χ2v) is 5.67. The van der Waals surface area contributed by atoms with Crippen LogP contribution in [-0.2, 0) is 0 Å². The van der Waals surface area contributed by atoms with Gasteiger partial charge in [-0.05, 0) is 43.9 Å². The maximum Gasteiger partial charge on any atom is 0.00388 e. The van der Waals surface area contributed by atoms with Gasteiger partial charge in [0.25, 0.3) is 0 Å². The van der Waals surface area contributed by atoms with E-state index in [0.717, 1.165) is 29.7 Å². The van der Waals surface area contributed by atoms with E-state index in [4.69, 9.17) is 0 Å². The molecular formula is C12H23N. The maximum atomic E-state index is 2.64. The molecule has 0 amide bonds. The molecular weight excluding hydrogens is 158 g/mol. The molecule has 0 aromatic rings. The Balaban J connectivity index is 1.77. The van der Waals surface area contributed by atoms with Crippen LogP contribution in [0.25, 0.3) is 0 Å². The van der Waals surface area contributed by atoms with Crippen molar-refractivity contribution in [3.8, 4) is 0 Å². The quantitative estimate of drug-likeness (QED) is 0.647. The van der Waals surface area contributed by atoms with Gasteiger partial charge in [0.15, 0.2) is 0 Å². The summed E-state index contributed by atoms with van der Waals surface area (Å²) in [6, 6.07) is 0.771. The van der Waals surface area contributed by atoms with Gasteiger partial charge in [0.05, 0.1) is 0 Å². The highest BCUT2D eigenvalue weighted by atomic mass is 15.2. The minimum atomic E-state index is 0.771. The molecule has 2 rings (SSSR count). The molecule has 1 saturated carbocycles. The van der Waals surface area contributed by atoms with E-state index in [1.807, 2.05) is 0 Å². The van der Waals surface area contributed by atoms with Gasteiger partial charge in [0.1, 0.15) is 0 Å². The molecule has 0 bridgehead atoms. The Labute approximate surface area is 82.5 Å². The molecule has 0 aromatic heterocycles.